The van der Waals surface area contributed by atoms with E-state index in [1.165, 1.54) is 18.2 Å². The van der Waals surface area contributed by atoms with E-state index in [-0.39, 0.29) is 18.1 Å². The zero-order chi connectivity index (χ0) is 18.2. The molecule has 0 radical (unpaired) electrons. The van der Waals surface area contributed by atoms with Crippen LogP contribution in [0, 0.1) is 11.7 Å². The van der Waals surface area contributed by atoms with Gasteiger partial charge in [-0.25, -0.2) is 12.8 Å². The van der Waals surface area contributed by atoms with Crippen LogP contribution in [-0.4, -0.2) is 33.7 Å². The molecule has 0 aliphatic carbocycles. The minimum atomic E-state index is -3.68. The van der Waals surface area contributed by atoms with E-state index >= 15 is 0 Å². The number of unbranched alkanes of at least 4 members (excludes halogenated alkanes) is 1. The molecule has 7 heteroatoms. The number of hydrogen-bond acceptors (Lipinski definition) is 3. The van der Waals surface area contributed by atoms with E-state index in [2.05, 4.69) is 19.2 Å². The number of amides is 1. The molecule has 1 rings (SSSR count). The van der Waals surface area contributed by atoms with Gasteiger partial charge in [-0.3, -0.25) is 9.10 Å². The van der Waals surface area contributed by atoms with Crippen LogP contribution in [0.15, 0.2) is 24.3 Å². The molecule has 1 amide bonds. The molecule has 0 unspecified atom stereocenters. The van der Waals surface area contributed by atoms with E-state index in [0.29, 0.717) is 12.5 Å². The molecule has 1 N–H and O–H groups in total. The molecule has 1 aromatic rings. The molecule has 0 aliphatic rings. The Kier molecular flexibility index (Phi) is 8.18. The first-order valence-corrected chi connectivity index (χ1v) is 10.1. The second-order valence-electron chi connectivity index (χ2n) is 5.97. The number of carbonyl (C=O) groups excluding carboxylic acids is 1. The van der Waals surface area contributed by atoms with Crippen molar-refractivity contribution < 1.29 is 17.6 Å². The molecule has 0 aromatic heterocycles. The number of nitrogens with one attached hydrogen (secondary N) is 1. The van der Waals surface area contributed by atoms with Gasteiger partial charge in [0.2, 0.25) is 15.9 Å². The summed E-state index contributed by atoms with van der Waals surface area (Å²) in [6.45, 7) is 4.36. The highest BCUT2D eigenvalue weighted by molar-refractivity contribution is 7.92. The van der Waals surface area contributed by atoms with Crippen molar-refractivity contribution in [3.8, 4) is 0 Å². The molecule has 24 heavy (non-hydrogen) atoms. The first-order chi connectivity index (χ1) is 11.3. The molecule has 136 valence electrons. The smallest absolute Gasteiger partial charge is 0.240 e. The maximum atomic E-state index is 13.3. The lowest BCUT2D eigenvalue weighted by Gasteiger charge is -2.22. The van der Waals surface area contributed by atoms with Crippen molar-refractivity contribution in [2.24, 2.45) is 5.92 Å². The Balaban J connectivity index is 2.72. The van der Waals surface area contributed by atoms with Crippen LogP contribution in [0.3, 0.4) is 0 Å². The van der Waals surface area contributed by atoms with Gasteiger partial charge in [0.05, 0.1) is 11.9 Å². The SMILES string of the molecule is CCCC[C@@H](CC)CNC(=O)CN(c1cccc(F)c1)S(C)(=O)=O. The van der Waals surface area contributed by atoms with E-state index in [1.54, 1.807) is 0 Å². The van der Waals surface area contributed by atoms with Gasteiger partial charge in [0, 0.05) is 6.54 Å². The summed E-state index contributed by atoms with van der Waals surface area (Å²) in [4.78, 5) is 12.1. The number of sulfonamides is 1. The van der Waals surface area contributed by atoms with Crippen LogP contribution in [0.2, 0.25) is 0 Å². The van der Waals surface area contributed by atoms with Gasteiger partial charge >= 0.3 is 0 Å². The molecule has 0 bridgehead atoms. The monoisotopic (exact) mass is 358 g/mol. The average molecular weight is 358 g/mol. The van der Waals surface area contributed by atoms with Gasteiger partial charge in [0.1, 0.15) is 12.4 Å². The summed E-state index contributed by atoms with van der Waals surface area (Å²) in [5.74, 6) is -0.554. The quantitative estimate of drug-likeness (QED) is 0.699. The summed E-state index contributed by atoms with van der Waals surface area (Å²) < 4.78 is 38.1. The lowest BCUT2D eigenvalue weighted by Crippen LogP contribution is -2.41. The molecular weight excluding hydrogens is 331 g/mol. The third-order valence-electron chi connectivity index (χ3n) is 3.91. The lowest BCUT2D eigenvalue weighted by molar-refractivity contribution is -0.119. The second kappa shape index (κ2) is 9.61. The zero-order valence-corrected chi connectivity index (χ0v) is 15.4. The Morgan fingerprint density at radius 3 is 2.58 bits per heavy atom. The molecule has 1 atom stereocenters. The molecule has 0 spiro atoms. The molecule has 0 saturated heterocycles. The van der Waals surface area contributed by atoms with Crippen LogP contribution in [0.25, 0.3) is 0 Å². The van der Waals surface area contributed by atoms with Crippen LogP contribution in [0.4, 0.5) is 10.1 Å². The van der Waals surface area contributed by atoms with E-state index in [9.17, 15) is 17.6 Å². The molecule has 1 aromatic carbocycles. The third-order valence-corrected chi connectivity index (χ3v) is 5.06. The molecule has 0 fully saturated rings. The summed E-state index contributed by atoms with van der Waals surface area (Å²) in [6.07, 6.45) is 5.20. The van der Waals surface area contributed by atoms with E-state index in [0.717, 1.165) is 42.3 Å². The van der Waals surface area contributed by atoms with Gasteiger partial charge in [0.25, 0.3) is 0 Å². The Morgan fingerprint density at radius 2 is 2.04 bits per heavy atom. The number of anilines is 1. The Morgan fingerprint density at radius 1 is 1.33 bits per heavy atom. The van der Waals surface area contributed by atoms with Crippen molar-refractivity contribution in [1.82, 2.24) is 5.32 Å². The lowest BCUT2D eigenvalue weighted by atomic mass is 9.99. The summed E-state index contributed by atoms with van der Waals surface area (Å²) in [5.41, 5.74) is 0.144. The van der Waals surface area contributed by atoms with Crippen molar-refractivity contribution in [3.05, 3.63) is 30.1 Å². The Labute approximate surface area is 144 Å². The van der Waals surface area contributed by atoms with E-state index in [1.807, 2.05) is 0 Å². The molecule has 5 nitrogen and oxygen atoms in total. The van der Waals surface area contributed by atoms with Crippen LogP contribution < -0.4 is 9.62 Å². The average Bonchev–Trinajstić information content (AvgIpc) is 2.51. The topological polar surface area (TPSA) is 66.5 Å². The Bertz CT molecular complexity index is 634. The predicted molar refractivity (Wildman–Crippen MR) is 94.9 cm³/mol. The highest BCUT2D eigenvalue weighted by Gasteiger charge is 2.21. The fourth-order valence-corrected chi connectivity index (χ4v) is 3.27. The highest BCUT2D eigenvalue weighted by Crippen LogP contribution is 2.18. The van der Waals surface area contributed by atoms with Crippen LogP contribution in [0.1, 0.15) is 39.5 Å². The van der Waals surface area contributed by atoms with Gasteiger partial charge < -0.3 is 5.32 Å². The van der Waals surface area contributed by atoms with Crippen molar-refractivity contribution >= 4 is 21.6 Å². The van der Waals surface area contributed by atoms with Gasteiger partial charge in [-0.2, -0.15) is 0 Å². The standard InChI is InChI=1S/C17H27FN2O3S/c1-4-6-8-14(5-2)12-19-17(21)13-20(24(3,22)23)16-10-7-9-15(18)11-16/h7,9-11,14H,4-6,8,12-13H2,1-3H3,(H,19,21)/t14-/m1/s1. The van der Waals surface area contributed by atoms with Crippen molar-refractivity contribution in [2.75, 3.05) is 23.7 Å². The van der Waals surface area contributed by atoms with Gasteiger partial charge in [0.15, 0.2) is 0 Å². The molecular formula is C17H27FN2O3S. The predicted octanol–water partition coefficient (Wildman–Crippen LogP) is 2.92. The van der Waals surface area contributed by atoms with Crippen LogP contribution in [0.5, 0.6) is 0 Å². The number of benzene rings is 1. The number of hydrogen-bond donors (Lipinski definition) is 1. The third kappa shape index (κ3) is 6.86. The van der Waals surface area contributed by atoms with E-state index in [4.69, 9.17) is 0 Å². The zero-order valence-electron chi connectivity index (χ0n) is 14.6. The number of rotatable bonds is 10. The van der Waals surface area contributed by atoms with Crippen LogP contribution >= 0.6 is 0 Å². The first-order valence-electron chi connectivity index (χ1n) is 8.27. The number of halogens is 1. The fraction of sp³-hybridized carbons (Fsp3) is 0.588. The number of carbonyl (C=O) groups is 1. The largest absolute Gasteiger partial charge is 0.354 e. The highest BCUT2D eigenvalue weighted by atomic mass is 32.2. The first kappa shape index (κ1) is 20.4. The second-order valence-corrected chi connectivity index (χ2v) is 7.88. The van der Waals surface area contributed by atoms with E-state index < -0.39 is 15.8 Å². The van der Waals surface area contributed by atoms with Crippen molar-refractivity contribution in [1.29, 1.82) is 0 Å². The number of nitrogens with zero attached hydrogens (tertiary/aromatic N) is 1. The normalized spacial score (nSPS) is 12.7. The summed E-state index contributed by atoms with van der Waals surface area (Å²) in [6, 6.07) is 5.21. The van der Waals surface area contributed by atoms with Gasteiger partial charge in [-0.05, 0) is 30.5 Å². The summed E-state index contributed by atoms with van der Waals surface area (Å²) >= 11 is 0. The summed E-state index contributed by atoms with van der Waals surface area (Å²) in [7, 11) is -3.68. The maximum absolute atomic E-state index is 13.3. The molecule has 0 heterocycles. The Hall–Kier alpha value is -1.63. The van der Waals surface area contributed by atoms with Crippen molar-refractivity contribution in [2.45, 2.75) is 39.5 Å². The minimum Gasteiger partial charge on any atom is -0.354 e. The molecule has 0 aliphatic heterocycles. The maximum Gasteiger partial charge on any atom is 0.240 e. The molecule has 0 saturated carbocycles. The van der Waals surface area contributed by atoms with Crippen molar-refractivity contribution in [3.63, 3.8) is 0 Å². The van der Waals surface area contributed by atoms with Gasteiger partial charge in [-0.15, -0.1) is 0 Å². The fourth-order valence-electron chi connectivity index (χ4n) is 2.42. The minimum absolute atomic E-state index is 0.144. The summed E-state index contributed by atoms with van der Waals surface area (Å²) in [5, 5.41) is 2.79. The van der Waals surface area contributed by atoms with Crippen LogP contribution in [-0.2, 0) is 14.8 Å². The van der Waals surface area contributed by atoms with Gasteiger partial charge in [-0.1, -0.05) is 39.2 Å².